The first kappa shape index (κ1) is 64.5. The van der Waals surface area contributed by atoms with Crippen LogP contribution in [0.3, 0.4) is 0 Å². The summed E-state index contributed by atoms with van der Waals surface area (Å²) in [6, 6.07) is 0.0801. The Morgan fingerprint density at radius 2 is 0.757 bits per heavy atom. The Balaban J connectivity index is 1.98. The molecule has 1 rings (SSSR count). The monoisotopic (exact) mass is 1010 g/mol. The zero-order chi connectivity index (χ0) is 51.6. The van der Waals surface area contributed by atoms with Crippen molar-refractivity contribution in [1.82, 2.24) is 35.6 Å². The Morgan fingerprint density at radius 1 is 0.429 bits per heavy atom. The van der Waals surface area contributed by atoms with Crippen LogP contribution in [0, 0.1) is 5.92 Å². The third-order valence-corrected chi connectivity index (χ3v) is 10.5. The van der Waals surface area contributed by atoms with Gasteiger partial charge in [-0.15, -0.1) is 0 Å². The van der Waals surface area contributed by atoms with Crippen molar-refractivity contribution in [2.24, 2.45) is 5.92 Å². The highest BCUT2D eigenvalue weighted by atomic mass is 16.6. The third-order valence-electron chi connectivity index (χ3n) is 10.5. The second-order valence-electron chi connectivity index (χ2n) is 17.3. The first-order chi connectivity index (χ1) is 33.7. The van der Waals surface area contributed by atoms with Crippen LogP contribution in [0.4, 0.5) is 0 Å². The van der Waals surface area contributed by atoms with E-state index in [1.807, 2.05) is 32.6 Å². The number of carboxylic acids is 3. The van der Waals surface area contributed by atoms with E-state index in [9.17, 15) is 44.1 Å². The summed E-state index contributed by atoms with van der Waals surface area (Å²) in [5.41, 5.74) is 0. The van der Waals surface area contributed by atoms with Crippen LogP contribution in [-0.4, -0.2) is 280 Å². The van der Waals surface area contributed by atoms with Gasteiger partial charge in [0.15, 0.2) is 5.78 Å². The van der Waals surface area contributed by atoms with E-state index in [4.69, 9.17) is 37.9 Å². The average Bonchev–Trinajstić information content (AvgIpc) is 3.29. The highest BCUT2D eigenvalue weighted by Crippen LogP contribution is 2.09. The SMILES string of the molecule is CC(C)N[C@H](CCCCNC(=O)COCCOCCOCCOCCOCCOCCOCCOCCNC(=O)CN1CCN(CC(=O)O)CCN(CC(=O)O)CCN(CC(=O)O)CC1)C(=O)C(C)C. The molecule has 1 saturated heterocycles. The fourth-order valence-electron chi connectivity index (χ4n) is 6.88. The fraction of sp³-hybridized carbons (Fsp3) is 0.870. The van der Waals surface area contributed by atoms with Gasteiger partial charge < -0.3 is 69.2 Å². The lowest BCUT2D eigenvalue weighted by molar-refractivity contribution is -0.140. The van der Waals surface area contributed by atoms with Crippen molar-refractivity contribution in [1.29, 1.82) is 0 Å². The summed E-state index contributed by atoms with van der Waals surface area (Å²) >= 11 is 0. The Morgan fingerprint density at radius 3 is 1.10 bits per heavy atom. The molecular weight excluding hydrogens is 923 g/mol. The molecule has 408 valence electrons. The number of rotatable bonds is 43. The van der Waals surface area contributed by atoms with E-state index in [2.05, 4.69) is 16.0 Å². The second kappa shape index (κ2) is 43.1. The van der Waals surface area contributed by atoms with Crippen LogP contribution < -0.4 is 16.0 Å². The summed E-state index contributed by atoms with van der Waals surface area (Å²) in [6.07, 6.45) is 2.38. The van der Waals surface area contributed by atoms with Gasteiger partial charge >= 0.3 is 17.9 Å². The van der Waals surface area contributed by atoms with E-state index in [0.29, 0.717) is 151 Å². The van der Waals surface area contributed by atoms with Gasteiger partial charge in [0.05, 0.1) is 131 Å². The molecule has 0 aromatic carbocycles. The summed E-state index contributed by atoms with van der Waals surface area (Å²) in [5.74, 6) is -3.28. The highest BCUT2D eigenvalue weighted by Gasteiger charge is 2.23. The second-order valence-corrected chi connectivity index (χ2v) is 17.3. The van der Waals surface area contributed by atoms with Gasteiger partial charge in [-0.1, -0.05) is 27.7 Å². The molecular formula is C46H87N7O17. The Labute approximate surface area is 414 Å². The average molecular weight is 1010 g/mol. The van der Waals surface area contributed by atoms with Gasteiger partial charge in [0, 0.05) is 77.4 Å². The topological polar surface area (TPSA) is 286 Å². The van der Waals surface area contributed by atoms with Gasteiger partial charge in [0.25, 0.3) is 0 Å². The van der Waals surface area contributed by atoms with Gasteiger partial charge in [-0.05, 0) is 19.3 Å². The minimum atomic E-state index is -1.02. The van der Waals surface area contributed by atoms with Gasteiger partial charge in [-0.25, -0.2) is 0 Å². The summed E-state index contributed by atoms with van der Waals surface area (Å²) in [7, 11) is 0. The minimum absolute atomic E-state index is 0.0135. The van der Waals surface area contributed by atoms with E-state index in [1.54, 1.807) is 14.7 Å². The maximum Gasteiger partial charge on any atom is 0.317 e. The van der Waals surface area contributed by atoms with Gasteiger partial charge in [-0.3, -0.25) is 48.4 Å². The largest absolute Gasteiger partial charge is 0.480 e. The molecule has 1 fully saturated rings. The molecule has 0 aliphatic carbocycles. The normalized spacial score (nSPS) is 15.4. The van der Waals surface area contributed by atoms with Crippen LogP contribution in [0.2, 0.25) is 0 Å². The van der Waals surface area contributed by atoms with Crippen LogP contribution in [0.1, 0.15) is 47.0 Å². The highest BCUT2D eigenvalue weighted by molar-refractivity contribution is 5.85. The smallest absolute Gasteiger partial charge is 0.317 e. The number of ketones is 1. The van der Waals surface area contributed by atoms with Crippen LogP contribution >= 0.6 is 0 Å². The molecule has 1 heterocycles. The first-order valence-corrected chi connectivity index (χ1v) is 24.7. The lowest BCUT2D eigenvalue weighted by Gasteiger charge is -2.32. The van der Waals surface area contributed by atoms with Crippen molar-refractivity contribution in [2.45, 2.75) is 59.0 Å². The Hall–Kier alpha value is -3.50. The maximum atomic E-state index is 12.8. The molecule has 0 bridgehead atoms. The number of nitrogens with one attached hydrogen (secondary N) is 3. The predicted octanol–water partition coefficient (Wildman–Crippen LogP) is -1.41. The molecule has 70 heavy (non-hydrogen) atoms. The quantitative estimate of drug-likeness (QED) is 0.0383. The molecule has 0 aromatic rings. The van der Waals surface area contributed by atoms with E-state index in [-0.39, 0.29) is 81.5 Å². The molecule has 0 aromatic heterocycles. The summed E-state index contributed by atoms with van der Waals surface area (Å²) in [4.78, 5) is 78.5. The number of aliphatic carboxylic acids is 3. The summed E-state index contributed by atoms with van der Waals surface area (Å²) in [6.45, 7) is 16.3. The Bertz CT molecular complexity index is 1370. The summed E-state index contributed by atoms with van der Waals surface area (Å²) in [5, 5.41) is 37.1. The fourth-order valence-corrected chi connectivity index (χ4v) is 6.88. The first-order valence-electron chi connectivity index (χ1n) is 24.7. The number of ether oxygens (including phenoxy) is 8. The molecule has 1 atom stereocenters. The van der Waals surface area contributed by atoms with E-state index in [0.717, 1.165) is 19.3 Å². The molecule has 0 spiro atoms. The van der Waals surface area contributed by atoms with Gasteiger partial charge in [-0.2, -0.15) is 0 Å². The molecule has 1 aliphatic heterocycles. The Kier molecular flexibility index (Phi) is 39.7. The standard InChI is InChI=1S/C46H87N7O17/c1-38(2)46(62)40(49-39(3)4)7-5-6-8-47-42(55)37-70-32-31-69-30-29-68-28-27-67-26-25-66-24-23-65-22-21-64-20-19-63-18-9-48-41(54)33-50-10-12-51(34-43(56)57)14-16-53(36-45(60)61)17-15-52(13-11-50)35-44(58)59/h38-40,49H,5-37H2,1-4H3,(H,47,55)(H,48,54)(H,56,57)(H,58,59)(H,60,61)/t40-/m1/s1. The molecule has 0 saturated carbocycles. The predicted molar refractivity (Wildman–Crippen MR) is 257 cm³/mol. The van der Waals surface area contributed by atoms with Crippen LogP contribution in [-0.2, 0) is 66.7 Å². The molecule has 2 amide bonds. The van der Waals surface area contributed by atoms with Gasteiger partial charge in [0.1, 0.15) is 6.61 Å². The van der Waals surface area contributed by atoms with E-state index in [1.165, 1.54) is 0 Å². The molecule has 24 nitrogen and oxygen atoms in total. The maximum absolute atomic E-state index is 12.8. The number of Topliss-reactive ketones (excluding diaryl/α,β-unsaturated/α-hetero) is 1. The molecule has 24 heteroatoms. The summed E-state index contributed by atoms with van der Waals surface area (Å²) < 4.78 is 43.9. The van der Waals surface area contributed by atoms with Crippen LogP contribution in [0.5, 0.6) is 0 Å². The van der Waals surface area contributed by atoms with Crippen molar-refractivity contribution in [2.75, 3.05) is 197 Å². The number of carboxylic acid groups (broad SMARTS) is 3. The molecule has 0 radical (unpaired) electrons. The van der Waals surface area contributed by atoms with Crippen molar-refractivity contribution in [3.05, 3.63) is 0 Å². The number of hydrogen-bond donors (Lipinski definition) is 6. The number of carbonyl (C=O) groups excluding carboxylic acids is 3. The van der Waals surface area contributed by atoms with Crippen molar-refractivity contribution in [3.8, 4) is 0 Å². The number of hydrogen-bond acceptors (Lipinski definition) is 19. The number of unbranched alkanes of at least 4 members (excludes halogenated alkanes) is 1. The van der Waals surface area contributed by atoms with Crippen molar-refractivity contribution < 1.29 is 82.0 Å². The zero-order valence-electron chi connectivity index (χ0n) is 42.4. The number of nitrogens with zero attached hydrogens (tertiary/aromatic N) is 4. The molecule has 0 unspecified atom stereocenters. The van der Waals surface area contributed by atoms with E-state index < -0.39 is 17.9 Å². The molecule has 1 aliphatic rings. The van der Waals surface area contributed by atoms with Crippen molar-refractivity contribution >= 4 is 35.5 Å². The van der Waals surface area contributed by atoms with Crippen LogP contribution in [0.25, 0.3) is 0 Å². The zero-order valence-corrected chi connectivity index (χ0v) is 42.4. The van der Waals surface area contributed by atoms with E-state index >= 15 is 0 Å². The minimum Gasteiger partial charge on any atom is -0.480 e. The third kappa shape index (κ3) is 39.2. The molecule has 6 N–H and O–H groups in total. The van der Waals surface area contributed by atoms with Gasteiger partial charge in [0.2, 0.25) is 11.8 Å². The lowest BCUT2D eigenvalue weighted by Crippen LogP contribution is -2.50. The number of amides is 2. The number of carbonyl (C=O) groups is 6. The lowest BCUT2D eigenvalue weighted by atomic mass is 9.96. The van der Waals surface area contributed by atoms with Crippen LogP contribution in [0.15, 0.2) is 0 Å². The van der Waals surface area contributed by atoms with Crippen molar-refractivity contribution in [3.63, 3.8) is 0 Å².